The fraction of sp³-hybridized carbons (Fsp3) is 0.227. The van der Waals surface area contributed by atoms with E-state index in [1.54, 1.807) is 19.1 Å². The second-order valence-electron chi connectivity index (χ2n) is 6.14. The highest BCUT2D eigenvalue weighted by molar-refractivity contribution is 6.06. The summed E-state index contributed by atoms with van der Waals surface area (Å²) < 4.78 is 5.65. The van der Waals surface area contributed by atoms with Crippen LogP contribution in [0.3, 0.4) is 0 Å². The Morgan fingerprint density at radius 1 is 1.24 bits per heavy atom. The quantitative estimate of drug-likeness (QED) is 0.537. The maximum Gasteiger partial charge on any atom is 0.300 e. The Morgan fingerprint density at radius 2 is 2.03 bits per heavy atom. The number of nitrogens with zero attached hydrogens (tertiary/aromatic N) is 2. The number of hydrogen-bond donors (Lipinski definition) is 3. The largest absolute Gasteiger partial charge is 0.492 e. The number of nitrogens with one attached hydrogen (secondary N) is 2. The van der Waals surface area contributed by atoms with Gasteiger partial charge in [0.25, 0.3) is 5.91 Å². The van der Waals surface area contributed by atoms with E-state index in [1.807, 2.05) is 37.3 Å². The lowest BCUT2D eigenvalue weighted by atomic mass is 10.1. The summed E-state index contributed by atoms with van der Waals surface area (Å²) in [5.74, 6) is 5.63. The molecule has 0 aliphatic rings. The van der Waals surface area contributed by atoms with Crippen LogP contribution in [-0.2, 0) is 4.79 Å². The Morgan fingerprint density at radius 3 is 2.72 bits per heavy atom. The molecule has 148 valence electrons. The third-order valence-corrected chi connectivity index (χ3v) is 4.22. The van der Waals surface area contributed by atoms with Crippen molar-refractivity contribution in [1.29, 1.82) is 0 Å². The number of rotatable bonds is 7. The number of carbonyl (C=O) groups excluding carboxylic acids is 1. The summed E-state index contributed by atoms with van der Waals surface area (Å²) in [5.41, 5.74) is 2.06. The third-order valence-electron chi connectivity index (χ3n) is 4.22. The maximum atomic E-state index is 12.0. The zero-order valence-corrected chi connectivity index (χ0v) is 16.3. The molecule has 0 saturated carbocycles. The summed E-state index contributed by atoms with van der Waals surface area (Å²) in [6.07, 6.45) is 1.45. The number of ether oxygens (including phenoxy) is 1. The van der Waals surface area contributed by atoms with E-state index in [1.165, 1.54) is 6.33 Å². The minimum atomic E-state index is -0.434. The van der Waals surface area contributed by atoms with E-state index >= 15 is 0 Å². The molecule has 1 atom stereocenters. The van der Waals surface area contributed by atoms with Crippen molar-refractivity contribution < 1.29 is 14.6 Å². The van der Waals surface area contributed by atoms with Crippen LogP contribution in [0, 0.1) is 11.8 Å². The van der Waals surface area contributed by atoms with Gasteiger partial charge in [0.1, 0.15) is 17.9 Å². The van der Waals surface area contributed by atoms with Crippen LogP contribution in [0.15, 0.2) is 48.8 Å². The van der Waals surface area contributed by atoms with E-state index in [-0.39, 0.29) is 12.6 Å². The van der Waals surface area contributed by atoms with Gasteiger partial charge in [-0.2, -0.15) is 0 Å². The fourth-order valence-electron chi connectivity index (χ4n) is 2.92. The highest BCUT2D eigenvalue weighted by atomic mass is 16.5. The fourth-order valence-corrected chi connectivity index (χ4v) is 2.92. The number of aliphatic hydroxyl groups is 1. The second-order valence-corrected chi connectivity index (χ2v) is 6.14. The highest BCUT2D eigenvalue weighted by Crippen LogP contribution is 2.33. The van der Waals surface area contributed by atoms with Crippen LogP contribution < -0.4 is 15.4 Å². The van der Waals surface area contributed by atoms with Crippen molar-refractivity contribution in [2.45, 2.75) is 19.9 Å². The Labute approximate surface area is 169 Å². The number of aromatic nitrogens is 2. The first-order valence-electron chi connectivity index (χ1n) is 9.23. The number of aliphatic hydroxyl groups excluding tert-OH is 1. The van der Waals surface area contributed by atoms with E-state index in [0.717, 1.165) is 5.56 Å². The molecule has 7 nitrogen and oxygen atoms in total. The molecule has 0 aliphatic heterocycles. The Kier molecular flexibility index (Phi) is 6.61. The van der Waals surface area contributed by atoms with Crippen molar-refractivity contribution in [2.24, 2.45) is 0 Å². The molecule has 1 amide bonds. The van der Waals surface area contributed by atoms with Crippen molar-refractivity contribution in [2.75, 3.05) is 23.8 Å². The summed E-state index contributed by atoms with van der Waals surface area (Å²) >= 11 is 0. The molecule has 3 aromatic rings. The third kappa shape index (κ3) is 4.81. The lowest BCUT2D eigenvalue weighted by Crippen LogP contribution is -2.16. The van der Waals surface area contributed by atoms with Crippen LogP contribution in [0.4, 0.5) is 11.5 Å². The predicted molar refractivity (Wildman–Crippen MR) is 113 cm³/mol. The number of hydrogen-bond acceptors (Lipinski definition) is 6. The average molecular weight is 390 g/mol. The normalized spacial score (nSPS) is 11.3. The molecule has 0 spiro atoms. The Balaban J connectivity index is 2.03. The molecule has 0 fully saturated rings. The summed E-state index contributed by atoms with van der Waals surface area (Å²) in [5, 5.41) is 16.6. The molecular weight excluding hydrogens is 368 g/mol. The topological polar surface area (TPSA) is 96.4 Å². The molecule has 0 bridgehead atoms. The zero-order valence-electron chi connectivity index (χ0n) is 16.3. The smallest absolute Gasteiger partial charge is 0.300 e. The molecule has 1 heterocycles. The molecule has 1 unspecified atom stereocenters. The highest BCUT2D eigenvalue weighted by Gasteiger charge is 2.16. The van der Waals surface area contributed by atoms with Crippen LogP contribution in [0.25, 0.3) is 10.9 Å². The van der Waals surface area contributed by atoms with Crippen LogP contribution in [-0.4, -0.2) is 34.2 Å². The van der Waals surface area contributed by atoms with Gasteiger partial charge in [-0.25, -0.2) is 9.97 Å². The molecule has 1 aromatic heterocycles. The second kappa shape index (κ2) is 9.53. The standard InChI is InChI=1S/C22H22N4O3/c1-3-8-21(28)25-18-11-16-17(12-20(18)29-4-2)23-14-24-22(16)26-19(13-27)15-9-6-5-7-10-15/h5-7,9-12,14,19,27H,4,13H2,1-2H3,(H,25,28)(H,23,24,26). The van der Waals surface area contributed by atoms with E-state index in [0.29, 0.717) is 34.8 Å². The van der Waals surface area contributed by atoms with Gasteiger partial charge in [-0.3, -0.25) is 4.79 Å². The van der Waals surface area contributed by atoms with Crippen molar-refractivity contribution in [3.63, 3.8) is 0 Å². The monoisotopic (exact) mass is 390 g/mol. The number of amides is 1. The SMILES string of the molecule is CC#CC(=O)Nc1cc2c(NC(CO)c3ccccc3)ncnc2cc1OCC. The molecular formula is C22H22N4O3. The zero-order chi connectivity index (χ0) is 20.6. The van der Waals surface area contributed by atoms with Gasteiger partial charge in [0.2, 0.25) is 0 Å². The number of anilines is 2. The lowest BCUT2D eigenvalue weighted by Gasteiger charge is -2.19. The molecule has 29 heavy (non-hydrogen) atoms. The minimum Gasteiger partial charge on any atom is -0.492 e. The van der Waals surface area contributed by atoms with Crippen LogP contribution in [0.1, 0.15) is 25.5 Å². The van der Waals surface area contributed by atoms with Gasteiger partial charge in [0.05, 0.1) is 30.5 Å². The van der Waals surface area contributed by atoms with E-state index in [4.69, 9.17) is 4.74 Å². The van der Waals surface area contributed by atoms with Gasteiger partial charge >= 0.3 is 0 Å². The first-order chi connectivity index (χ1) is 14.2. The van der Waals surface area contributed by atoms with Crippen LogP contribution >= 0.6 is 0 Å². The molecule has 3 rings (SSSR count). The van der Waals surface area contributed by atoms with Gasteiger partial charge in [-0.1, -0.05) is 36.3 Å². The van der Waals surface area contributed by atoms with Gasteiger partial charge in [-0.15, -0.1) is 0 Å². The van der Waals surface area contributed by atoms with Gasteiger partial charge in [0, 0.05) is 11.5 Å². The summed E-state index contributed by atoms with van der Waals surface area (Å²) in [6, 6.07) is 12.8. The molecule has 3 N–H and O–H groups in total. The molecule has 0 radical (unpaired) electrons. The average Bonchev–Trinajstić information content (AvgIpc) is 2.73. The van der Waals surface area contributed by atoms with Gasteiger partial charge in [0.15, 0.2) is 0 Å². The van der Waals surface area contributed by atoms with Crippen molar-refractivity contribution in [1.82, 2.24) is 9.97 Å². The molecule has 0 aliphatic carbocycles. The number of carbonyl (C=O) groups is 1. The first-order valence-corrected chi connectivity index (χ1v) is 9.23. The summed E-state index contributed by atoms with van der Waals surface area (Å²) in [4.78, 5) is 20.6. The number of benzene rings is 2. The summed E-state index contributed by atoms with van der Waals surface area (Å²) in [6.45, 7) is 3.78. The molecule has 7 heteroatoms. The molecule has 0 saturated heterocycles. The lowest BCUT2D eigenvalue weighted by molar-refractivity contribution is -0.111. The first kappa shape index (κ1) is 20.1. The summed E-state index contributed by atoms with van der Waals surface area (Å²) in [7, 11) is 0. The van der Waals surface area contributed by atoms with Crippen molar-refractivity contribution in [3.05, 3.63) is 54.4 Å². The van der Waals surface area contributed by atoms with E-state index < -0.39 is 5.91 Å². The maximum absolute atomic E-state index is 12.0. The van der Waals surface area contributed by atoms with Gasteiger partial charge in [-0.05, 0) is 31.4 Å². The van der Waals surface area contributed by atoms with Crippen LogP contribution in [0.2, 0.25) is 0 Å². The predicted octanol–water partition coefficient (Wildman–Crippen LogP) is 3.14. The minimum absolute atomic E-state index is 0.109. The van der Waals surface area contributed by atoms with Crippen molar-refractivity contribution >= 4 is 28.3 Å². The van der Waals surface area contributed by atoms with Crippen molar-refractivity contribution in [3.8, 4) is 17.6 Å². The van der Waals surface area contributed by atoms with E-state index in [2.05, 4.69) is 32.4 Å². The Bertz CT molecular complexity index is 1060. The number of fused-ring (bicyclic) bond motifs is 1. The van der Waals surface area contributed by atoms with Gasteiger partial charge < -0.3 is 20.5 Å². The Hall–Kier alpha value is -3.63. The van der Waals surface area contributed by atoms with Crippen LogP contribution in [0.5, 0.6) is 5.75 Å². The van der Waals surface area contributed by atoms with E-state index in [9.17, 15) is 9.90 Å². The molecule has 2 aromatic carbocycles.